The maximum Gasteiger partial charge on any atom is 0.416 e. The predicted molar refractivity (Wildman–Crippen MR) is 123 cm³/mol. The number of halogens is 4. The summed E-state index contributed by atoms with van der Waals surface area (Å²) in [5.41, 5.74) is -0.442. The van der Waals surface area contributed by atoms with Crippen LogP contribution in [0.3, 0.4) is 0 Å². The van der Waals surface area contributed by atoms with E-state index in [1.165, 1.54) is 4.90 Å². The van der Waals surface area contributed by atoms with E-state index in [4.69, 9.17) is 16.3 Å². The highest BCUT2D eigenvalue weighted by Gasteiger charge is 2.39. The molecule has 3 rings (SSSR count). The van der Waals surface area contributed by atoms with Crippen LogP contribution < -0.4 is 5.32 Å². The van der Waals surface area contributed by atoms with Gasteiger partial charge in [0.25, 0.3) is 0 Å². The molecule has 0 saturated carbocycles. The van der Waals surface area contributed by atoms with E-state index in [9.17, 15) is 22.8 Å². The van der Waals surface area contributed by atoms with Gasteiger partial charge in [-0.2, -0.15) is 13.2 Å². The Kier molecular flexibility index (Phi) is 8.39. The monoisotopic (exact) mass is 499 g/mol. The average molecular weight is 500 g/mol. The fourth-order valence-electron chi connectivity index (χ4n) is 3.08. The number of ether oxygens (including phenoxy) is 1. The van der Waals surface area contributed by atoms with E-state index in [2.05, 4.69) is 10.3 Å². The Bertz CT molecular complexity index is 1030. The number of nitrogens with zero attached hydrogens (tertiary/aromatic N) is 2. The SMILES string of the molecule is COCCCN1C(=O)C(CC(=O)Nc2cc(C(F)(F)F)ccc2Cl)SC1=Nc1ccccc1. The molecule has 2 aromatic rings. The van der Waals surface area contributed by atoms with Crippen molar-refractivity contribution in [3.63, 3.8) is 0 Å². The Morgan fingerprint density at radius 3 is 2.64 bits per heavy atom. The van der Waals surface area contributed by atoms with Crippen LogP contribution >= 0.6 is 23.4 Å². The number of nitrogens with one attached hydrogen (secondary N) is 1. The number of amides is 2. The minimum absolute atomic E-state index is 0.0331. The number of rotatable bonds is 8. The third-order valence-corrected chi connectivity index (χ3v) is 6.17. The molecule has 0 radical (unpaired) electrons. The smallest absolute Gasteiger partial charge is 0.385 e. The maximum absolute atomic E-state index is 13.0. The molecular weight excluding hydrogens is 479 g/mol. The van der Waals surface area contributed by atoms with Crippen molar-refractivity contribution in [1.29, 1.82) is 0 Å². The van der Waals surface area contributed by atoms with E-state index in [1.54, 1.807) is 19.2 Å². The third-order valence-electron chi connectivity index (χ3n) is 4.67. The van der Waals surface area contributed by atoms with Gasteiger partial charge in [0.1, 0.15) is 5.25 Å². The largest absolute Gasteiger partial charge is 0.416 e. The number of hydrogen-bond donors (Lipinski definition) is 1. The molecule has 1 saturated heterocycles. The number of amidine groups is 1. The van der Waals surface area contributed by atoms with Crippen molar-refractivity contribution >= 4 is 51.7 Å². The summed E-state index contributed by atoms with van der Waals surface area (Å²) in [7, 11) is 1.56. The second kappa shape index (κ2) is 11.0. The molecule has 1 atom stereocenters. The number of carbonyl (C=O) groups excluding carboxylic acids is 2. The molecule has 0 spiro atoms. The van der Waals surface area contributed by atoms with E-state index in [1.807, 2.05) is 18.2 Å². The van der Waals surface area contributed by atoms with Gasteiger partial charge < -0.3 is 10.1 Å². The minimum atomic E-state index is -4.58. The van der Waals surface area contributed by atoms with Crippen LogP contribution in [0.1, 0.15) is 18.4 Å². The standard InChI is InChI=1S/C22H21ClF3N3O3S/c1-32-11-5-10-29-20(31)18(33-21(29)27-15-6-3-2-4-7-15)13-19(30)28-17-12-14(22(24,25)26)8-9-16(17)23/h2-4,6-9,12,18H,5,10-11,13H2,1H3,(H,28,30). The summed E-state index contributed by atoms with van der Waals surface area (Å²) < 4.78 is 44.0. The van der Waals surface area contributed by atoms with Gasteiger partial charge in [-0.25, -0.2) is 4.99 Å². The number of thioether (sulfide) groups is 1. The van der Waals surface area contributed by atoms with E-state index in [0.717, 1.165) is 30.0 Å². The quantitative estimate of drug-likeness (QED) is 0.497. The molecule has 1 heterocycles. The average Bonchev–Trinajstić information content (AvgIpc) is 3.04. The first-order valence-corrected chi connectivity index (χ1v) is 11.2. The number of para-hydroxylation sites is 1. The lowest BCUT2D eigenvalue weighted by atomic mass is 10.2. The highest BCUT2D eigenvalue weighted by Crippen LogP contribution is 2.35. The molecule has 2 aromatic carbocycles. The fourth-order valence-corrected chi connectivity index (χ4v) is 4.43. The van der Waals surface area contributed by atoms with E-state index >= 15 is 0 Å². The lowest BCUT2D eigenvalue weighted by molar-refractivity contribution is -0.137. The molecule has 1 aliphatic heterocycles. The Morgan fingerprint density at radius 2 is 1.97 bits per heavy atom. The van der Waals surface area contributed by atoms with E-state index < -0.39 is 22.9 Å². The minimum Gasteiger partial charge on any atom is -0.385 e. The van der Waals surface area contributed by atoms with Gasteiger partial charge in [0.15, 0.2) is 5.17 Å². The Labute approximate surface area is 198 Å². The second-order valence-corrected chi connectivity index (χ2v) is 8.69. The molecule has 6 nitrogen and oxygen atoms in total. The first kappa shape index (κ1) is 25.1. The molecule has 0 aromatic heterocycles. The first-order chi connectivity index (χ1) is 15.7. The molecule has 176 valence electrons. The molecule has 1 N–H and O–H groups in total. The normalized spacial score (nSPS) is 17.6. The first-order valence-electron chi connectivity index (χ1n) is 9.96. The fraction of sp³-hybridized carbons (Fsp3) is 0.318. The van der Waals surface area contributed by atoms with Gasteiger partial charge in [0, 0.05) is 26.7 Å². The number of methoxy groups -OCH3 is 1. The molecule has 11 heteroatoms. The van der Waals surface area contributed by atoms with Crippen LogP contribution in [0.15, 0.2) is 53.5 Å². The van der Waals surface area contributed by atoms with Gasteiger partial charge >= 0.3 is 6.18 Å². The zero-order chi connectivity index (χ0) is 24.0. The highest BCUT2D eigenvalue weighted by atomic mass is 35.5. The summed E-state index contributed by atoms with van der Waals surface area (Å²) in [6.07, 6.45) is -4.24. The van der Waals surface area contributed by atoms with Crippen LogP contribution in [0.5, 0.6) is 0 Å². The van der Waals surface area contributed by atoms with Crippen LogP contribution in [0, 0.1) is 0 Å². The lowest BCUT2D eigenvalue weighted by Crippen LogP contribution is -2.34. The molecule has 2 amide bonds. The van der Waals surface area contributed by atoms with Gasteiger partial charge in [0.2, 0.25) is 11.8 Å². The van der Waals surface area contributed by atoms with Crippen molar-refractivity contribution in [2.75, 3.05) is 25.6 Å². The summed E-state index contributed by atoms with van der Waals surface area (Å²) in [6, 6.07) is 11.7. The molecule has 1 fully saturated rings. The molecule has 1 aliphatic rings. The van der Waals surface area contributed by atoms with Crippen LogP contribution in [0.25, 0.3) is 0 Å². The van der Waals surface area contributed by atoms with Crippen LogP contribution in [-0.2, 0) is 20.5 Å². The zero-order valence-electron chi connectivity index (χ0n) is 17.6. The van der Waals surface area contributed by atoms with Crippen molar-refractivity contribution in [2.45, 2.75) is 24.3 Å². The van der Waals surface area contributed by atoms with E-state index in [-0.39, 0.29) is 23.0 Å². The van der Waals surface area contributed by atoms with Gasteiger partial charge in [-0.05, 0) is 36.8 Å². The van der Waals surface area contributed by atoms with Gasteiger partial charge in [-0.3, -0.25) is 14.5 Å². The lowest BCUT2D eigenvalue weighted by Gasteiger charge is -2.16. The van der Waals surface area contributed by atoms with Gasteiger partial charge in [-0.15, -0.1) is 0 Å². The number of aliphatic imine (C=N–C) groups is 1. The Balaban J connectivity index is 1.74. The van der Waals surface area contributed by atoms with Crippen LogP contribution in [0.2, 0.25) is 5.02 Å². The molecule has 33 heavy (non-hydrogen) atoms. The maximum atomic E-state index is 13.0. The predicted octanol–water partition coefficient (Wildman–Crippen LogP) is 5.36. The van der Waals surface area contributed by atoms with Crippen molar-refractivity contribution < 1.29 is 27.5 Å². The molecule has 0 bridgehead atoms. The second-order valence-electron chi connectivity index (χ2n) is 7.12. The van der Waals surface area contributed by atoms with Crippen LogP contribution in [-0.4, -0.2) is 47.4 Å². The third kappa shape index (κ3) is 6.72. The molecule has 1 unspecified atom stereocenters. The van der Waals surface area contributed by atoms with Gasteiger partial charge in [-0.1, -0.05) is 41.6 Å². The number of hydrogen-bond acceptors (Lipinski definition) is 5. The van der Waals surface area contributed by atoms with Crippen molar-refractivity contribution in [3.05, 3.63) is 59.1 Å². The summed E-state index contributed by atoms with van der Waals surface area (Å²) in [5.74, 6) is -0.920. The highest BCUT2D eigenvalue weighted by molar-refractivity contribution is 8.15. The van der Waals surface area contributed by atoms with Crippen molar-refractivity contribution in [2.24, 2.45) is 4.99 Å². The van der Waals surface area contributed by atoms with Crippen molar-refractivity contribution in [3.8, 4) is 0 Å². The van der Waals surface area contributed by atoms with Gasteiger partial charge in [0.05, 0.1) is 22.0 Å². The van der Waals surface area contributed by atoms with Crippen molar-refractivity contribution in [1.82, 2.24) is 4.90 Å². The number of alkyl halides is 3. The van der Waals surface area contributed by atoms with E-state index in [0.29, 0.717) is 30.4 Å². The number of carbonyl (C=O) groups is 2. The summed E-state index contributed by atoms with van der Waals surface area (Å²) in [5, 5.41) is 2.05. The summed E-state index contributed by atoms with van der Waals surface area (Å²) in [6.45, 7) is 0.815. The Hall–Kier alpha value is -2.56. The number of anilines is 1. The Morgan fingerprint density at radius 1 is 1.24 bits per heavy atom. The summed E-state index contributed by atoms with van der Waals surface area (Å²) >= 11 is 7.09. The summed E-state index contributed by atoms with van der Waals surface area (Å²) in [4.78, 5) is 31.6. The molecular formula is C22H21ClF3N3O3S. The molecule has 0 aliphatic carbocycles. The topological polar surface area (TPSA) is 71.0 Å². The number of benzene rings is 2. The zero-order valence-corrected chi connectivity index (χ0v) is 19.1. The van der Waals surface area contributed by atoms with Crippen LogP contribution in [0.4, 0.5) is 24.5 Å².